The third-order valence-electron chi connectivity index (χ3n) is 3.91. The number of imide groups is 1. The van der Waals surface area contributed by atoms with Crippen molar-refractivity contribution in [2.45, 2.75) is 13.5 Å². The molecule has 0 unspecified atom stereocenters. The van der Waals surface area contributed by atoms with Crippen LogP contribution in [0.4, 0.5) is 4.79 Å². The van der Waals surface area contributed by atoms with E-state index in [1.807, 2.05) is 47.8 Å². The Balaban J connectivity index is 1.57. The van der Waals surface area contributed by atoms with E-state index in [0.717, 1.165) is 22.2 Å². The summed E-state index contributed by atoms with van der Waals surface area (Å²) in [5.74, 6) is 0.793. The van der Waals surface area contributed by atoms with Gasteiger partial charge in [0.1, 0.15) is 11.5 Å². The first-order valence-electron chi connectivity index (χ1n) is 7.92. The van der Waals surface area contributed by atoms with Crippen molar-refractivity contribution in [2.75, 3.05) is 0 Å². The number of carbonyl (C=O) groups excluding carboxylic acids is 2. The molecule has 5 nitrogen and oxygen atoms in total. The van der Waals surface area contributed by atoms with Gasteiger partial charge < -0.3 is 4.42 Å². The van der Waals surface area contributed by atoms with E-state index in [1.54, 1.807) is 13.0 Å². The summed E-state index contributed by atoms with van der Waals surface area (Å²) in [6, 6.07) is 13.3. The first-order valence-corrected chi connectivity index (χ1v) is 9.62. The fourth-order valence-corrected chi connectivity index (χ4v) is 4.13. The Morgan fingerprint density at radius 2 is 1.96 bits per heavy atom. The lowest BCUT2D eigenvalue weighted by molar-refractivity contribution is -0.123. The number of thiophene rings is 1. The number of hydrogen-bond acceptors (Lipinski definition) is 6. The van der Waals surface area contributed by atoms with Crippen molar-refractivity contribution in [1.82, 2.24) is 9.88 Å². The SMILES string of the molecule is Cc1oc(-c2ccccc2)nc1CN1C(=O)S/C(=C/c2cccs2)C1=O. The molecule has 7 heteroatoms. The largest absolute Gasteiger partial charge is 0.441 e. The van der Waals surface area contributed by atoms with Gasteiger partial charge in [-0.1, -0.05) is 24.3 Å². The molecule has 0 N–H and O–H groups in total. The van der Waals surface area contributed by atoms with Gasteiger partial charge in [-0.25, -0.2) is 4.98 Å². The minimum absolute atomic E-state index is 0.106. The van der Waals surface area contributed by atoms with Gasteiger partial charge in [0.25, 0.3) is 11.1 Å². The maximum Gasteiger partial charge on any atom is 0.293 e. The normalized spacial score (nSPS) is 16.0. The number of aryl methyl sites for hydroxylation is 1. The van der Waals surface area contributed by atoms with Gasteiger partial charge in [-0.2, -0.15) is 0 Å². The standard InChI is InChI=1S/C19H14N2O3S2/c1-12-15(20-17(24-12)13-6-3-2-4-7-13)11-21-18(22)16(26-19(21)23)10-14-8-5-9-25-14/h2-10H,11H2,1H3/b16-10+. The van der Waals surface area contributed by atoms with Crippen molar-refractivity contribution in [3.05, 3.63) is 69.1 Å². The Bertz CT molecular complexity index is 991. The molecule has 0 atom stereocenters. The summed E-state index contributed by atoms with van der Waals surface area (Å²) in [4.78, 5) is 31.9. The molecular formula is C19H14N2O3S2. The van der Waals surface area contributed by atoms with Gasteiger partial charge in [0.05, 0.1) is 11.4 Å². The van der Waals surface area contributed by atoms with E-state index in [4.69, 9.17) is 4.42 Å². The van der Waals surface area contributed by atoms with E-state index >= 15 is 0 Å². The Labute approximate surface area is 158 Å². The van der Waals surface area contributed by atoms with Crippen molar-refractivity contribution >= 4 is 40.3 Å². The zero-order valence-corrected chi connectivity index (χ0v) is 15.5. The second kappa shape index (κ2) is 6.93. The van der Waals surface area contributed by atoms with Crippen LogP contribution in [0, 0.1) is 6.92 Å². The van der Waals surface area contributed by atoms with Crippen LogP contribution in [0.1, 0.15) is 16.3 Å². The summed E-state index contributed by atoms with van der Waals surface area (Å²) >= 11 is 2.48. The predicted molar refractivity (Wildman–Crippen MR) is 103 cm³/mol. The van der Waals surface area contributed by atoms with Crippen LogP contribution in [-0.4, -0.2) is 21.0 Å². The van der Waals surface area contributed by atoms with Crippen LogP contribution < -0.4 is 0 Å². The van der Waals surface area contributed by atoms with Gasteiger partial charge in [0.2, 0.25) is 5.89 Å². The molecule has 1 aromatic carbocycles. The molecule has 3 heterocycles. The minimum atomic E-state index is -0.294. The molecule has 0 radical (unpaired) electrons. The van der Waals surface area contributed by atoms with Crippen molar-refractivity contribution in [2.24, 2.45) is 0 Å². The quantitative estimate of drug-likeness (QED) is 0.598. The van der Waals surface area contributed by atoms with E-state index in [2.05, 4.69) is 4.98 Å². The smallest absolute Gasteiger partial charge is 0.293 e. The molecule has 4 rings (SSSR count). The van der Waals surface area contributed by atoms with E-state index in [9.17, 15) is 9.59 Å². The Morgan fingerprint density at radius 1 is 1.15 bits per heavy atom. The van der Waals surface area contributed by atoms with Crippen LogP contribution >= 0.6 is 23.1 Å². The molecule has 1 saturated heterocycles. The highest BCUT2D eigenvalue weighted by atomic mass is 32.2. The van der Waals surface area contributed by atoms with Crippen LogP contribution in [-0.2, 0) is 11.3 Å². The molecule has 1 aliphatic rings. The highest BCUT2D eigenvalue weighted by molar-refractivity contribution is 8.18. The number of thioether (sulfide) groups is 1. The second-order valence-corrected chi connectivity index (χ2v) is 7.64. The van der Waals surface area contributed by atoms with Gasteiger partial charge in [-0.15, -0.1) is 11.3 Å². The molecule has 3 aromatic rings. The lowest BCUT2D eigenvalue weighted by Crippen LogP contribution is -2.28. The van der Waals surface area contributed by atoms with Crippen molar-refractivity contribution in [1.29, 1.82) is 0 Å². The highest BCUT2D eigenvalue weighted by Gasteiger charge is 2.36. The summed E-state index contributed by atoms with van der Waals surface area (Å²) in [5.41, 5.74) is 1.44. The van der Waals surface area contributed by atoms with E-state index < -0.39 is 0 Å². The highest BCUT2D eigenvalue weighted by Crippen LogP contribution is 2.34. The maximum absolute atomic E-state index is 12.6. The Hall–Kier alpha value is -2.64. The number of carbonyl (C=O) groups is 2. The molecule has 0 aliphatic carbocycles. The molecule has 1 aliphatic heterocycles. The maximum atomic E-state index is 12.6. The summed E-state index contributed by atoms with van der Waals surface area (Å²) < 4.78 is 5.71. The lowest BCUT2D eigenvalue weighted by atomic mass is 10.2. The molecule has 2 aromatic heterocycles. The summed E-state index contributed by atoms with van der Waals surface area (Å²) in [5, 5.41) is 1.64. The van der Waals surface area contributed by atoms with Gasteiger partial charge >= 0.3 is 0 Å². The van der Waals surface area contributed by atoms with Crippen LogP contribution in [0.2, 0.25) is 0 Å². The van der Waals surface area contributed by atoms with E-state index in [0.29, 0.717) is 22.3 Å². The summed E-state index contributed by atoms with van der Waals surface area (Å²) in [7, 11) is 0. The minimum Gasteiger partial charge on any atom is -0.441 e. The van der Waals surface area contributed by atoms with Crippen LogP contribution in [0.15, 0.2) is 57.2 Å². The van der Waals surface area contributed by atoms with Crippen LogP contribution in [0.3, 0.4) is 0 Å². The first-order chi connectivity index (χ1) is 12.6. The number of rotatable bonds is 4. The summed E-state index contributed by atoms with van der Waals surface area (Å²) in [6.45, 7) is 1.89. The zero-order valence-electron chi connectivity index (χ0n) is 13.8. The van der Waals surface area contributed by atoms with Crippen molar-refractivity contribution in [3.63, 3.8) is 0 Å². The number of nitrogens with zero attached hydrogens (tertiary/aromatic N) is 2. The summed E-state index contributed by atoms with van der Waals surface area (Å²) in [6.07, 6.45) is 1.75. The van der Waals surface area contributed by atoms with Crippen molar-refractivity contribution in [3.8, 4) is 11.5 Å². The van der Waals surface area contributed by atoms with Crippen molar-refractivity contribution < 1.29 is 14.0 Å². The number of oxazole rings is 1. The van der Waals surface area contributed by atoms with E-state index in [-0.39, 0.29) is 17.7 Å². The third kappa shape index (κ3) is 3.23. The molecule has 1 fully saturated rings. The molecule has 26 heavy (non-hydrogen) atoms. The Morgan fingerprint density at radius 3 is 2.69 bits per heavy atom. The molecular weight excluding hydrogens is 368 g/mol. The Kier molecular flexibility index (Phi) is 4.48. The average Bonchev–Trinajstić information content (AvgIpc) is 3.34. The third-order valence-corrected chi connectivity index (χ3v) is 5.64. The van der Waals surface area contributed by atoms with Gasteiger partial charge in [-0.05, 0) is 48.3 Å². The first kappa shape index (κ1) is 16.8. The van der Waals surface area contributed by atoms with E-state index in [1.165, 1.54) is 16.2 Å². The average molecular weight is 382 g/mol. The number of aromatic nitrogens is 1. The van der Waals surface area contributed by atoms with Crippen LogP contribution in [0.5, 0.6) is 0 Å². The zero-order chi connectivity index (χ0) is 18.1. The lowest BCUT2D eigenvalue weighted by Gasteiger charge is -2.10. The van der Waals surface area contributed by atoms with Gasteiger partial charge in [0, 0.05) is 10.4 Å². The molecule has 130 valence electrons. The number of amides is 2. The second-order valence-electron chi connectivity index (χ2n) is 5.67. The number of benzene rings is 1. The predicted octanol–water partition coefficient (Wildman–Crippen LogP) is 4.95. The fourth-order valence-electron chi connectivity index (χ4n) is 2.57. The van der Waals surface area contributed by atoms with Crippen LogP contribution in [0.25, 0.3) is 17.5 Å². The molecule has 0 bridgehead atoms. The topological polar surface area (TPSA) is 63.4 Å². The van der Waals surface area contributed by atoms with Gasteiger partial charge in [0.15, 0.2) is 0 Å². The fraction of sp³-hybridized carbons (Fsp3) is 0.105. The molecule has 0 saturated carbocycles. The molecule has 2 amide bonds. The monoisotopic (exact) mass is 382 g/mol. The number of hydrogen-bond donors (Lipinski definition) is 0. The molecule has 0 spiro atoms. The van der Waals surface area contributed by atoms with Gasteiger partial charge in [-0.3, -0.25) is 14.5 Å².